The van der Waals surface area contributed by atoms with Gasteiger partial charge in [-0.1, -0.05) is 29.0 Å². The SMILES string of the molecule is CO[C@@H](C(=O)Nc1nnc(NC2CCC(c3cc(C)cnn3)CC2)s1)c1cc(C)ccc1F. The van der Waals surface area contributed by atoms with E-state index in [0.717, 1.165) is 42.5 Å². The minimum Gasteiger partial charge on any atom is -0.367 e. The first kappa shape index (κ1) is 23.2. The molecule has 0 spiro atoms. The lowest BCUT2D eigenvalue weighted by Gasteiger charge is -2.28. The third-order valence-corrected chi connectivity index (χ3v) is 6.62. The number of rotatable bonds is 7. The van der Waals surface area contributed by atoms with Crippen LogP contribution in [0, 0.1) is 19.7 Å². The van der Waals surface area contributed by atoms with Gasteiger partial charge in [-0.25, -0.2) is 4.39 Å². The molecule has 0 aliphatic heterocycles. The molecule has 2 N–H and O–H groups in total. The summed E-state index contributed by atoms with van der Waals surface area (Å²) in [7, 11) is 1.37. The van der Waals surface area contributed by atoms with Crippen molar-refractivity contribution in [1.29, 1.82) is 0 Å². The first-order chi connectivity index (χ1) is 15.9. The summed E-state index contributed by atoms with van der Waals surface area (Å²) in [5.74, 6) is -0.563. The Morgan fingerprint density at radius 2 is 1.85 bits per heavy atom. The largest absolute Gasteiger partial charge is 0.367 e. The average molecular weight is 471 g/mol. The Kier molecular flexibility index (Phi) is 7.24. The number of anilines is 2. The highest BCUT2D eigenvalue weighted by Gasteiger charge is 2.26. The molecule has 33 heavy (non-hydrogen) atoms. The van der Waals surface area contributed by atoms with E-state index in [1.165, 1.54) is 24.5 Å². The summed E-state index contributed by atoms with van der Waals surface area (Å²) in [4.78, 5) is 12.7. The highest BCUT2D eigenvalue weighted by atomic mass is 32.1. The number of methoxy groups -OCH3 is 1. The molecule has 174 valence electrons. The maximum absolute atomic E-state index is 14.2. The van der Waals surface area contributed by atoms with Gasteiger partial charge in [0, 0.05) is 24.6 Å². The van der Waals surface area contributed by atoms with Gasteiger partial charge < -0.3 is 10.1 Å². The molecule has 4 rings (SSSR count). The van der Waals surface area contributed by atoms with Crippen LogP contribution < -0.4 is 10.6 Å². The molecule has 1 aliphatic carbocycles. The normalized spacial score (nSPS) is 19.2. The van der Waals surface area contributed by atoms with Crippen molar-refractivity contribution in [3.05, 3.63) is 58.7 Å². The zero-order valence-electron chi connectivity index (χ0n) is 18.8. The minimum absolute atomic E-state index is 0.188. The van der Waals surface area contributed by atoms with Crippen LogP contribution in [0.2, 0.25) is 0 Å². The summed E-state index contributed by atoms with van der Waals surface area (Å²) >= 11 is 1.25. The topological polar surface area (TPSA) is 102 Å². The fraction of sp³-hybridized carbons (Fsp3) is 0.435. The second kappa shape index (κ2) is 10.3. The Morgan fingerprint density at radius 3 is 2.58 bits per heavy atom. The molecular formula is C23H27FN6O2S. The van der Waals surface area contributed by atoms with E-state index in [9.17, 15) is 9.18 Å². The van der Waals surface area contributed by atoms with E-state index >= 15 is 0 Å². The van der Waals surface area contributed by atoms with Crippen molar-refractivity contribution in [2.45, 2.75) is 57.6 Å². The standard InChI is InChI=1S/C23H27FN6O2S/c1-13-4-9-18(24)17(10-13)20(32-3)21(31)27-23-30-29-22(33-23)26-16-7-5-15(6-8-16)19-11-14(2)12-25-28-19/h4,9-12,15-16,20H,5-8H2,1-3H3,(H,26,29)(H,27,30,31)/t15?,16?,20-/m1/s1. The number of aromatic nitrogens is 4. The molecule has 8 nitrogen and oxygen atoms in total. The lowest BCUT2D eigenvalue weighted by Crippen LogP contribution is -2.25. The Hall–Kier alpha value is -2.98. The lowest BCUT2D eigenvalue weighted by atomic mass is 9.84. The zero-order valence-corrected chi connectivity index (χ0v) is 19.7. The second-order valence-electron chi connectivity index (χ2n) is 8.39. The van der Waals surface area contributed by atoms with Gasteiger partial charge in [-0.05, 0) is 57.2 Å². The van der Waals surface area contributed by atoms with Gasteiger partial charge in [-0.15, -0.1) is 10.2 Å². The lowest BCUT2D eigenvalue weighted by molar-refractivity contribution is -0.126. The van der Waals surface area contributed by atoms with Crippen molar-refractivity contribution in [2.75, 3.05) is 17.7 Å². The molecule has 3 aromatic rings. The third kappa shape index (κ3) is 5.69. The molecule has 0 saturated heterocycles. The molecule has 1 saturated carbocycles. The number of carbonyl (C=O) groups is 1. The molecule has 1 amide bonds. The van der Waals surface area contributed by atoms with Crippen LogP contribution in [0.25, 0.3) is 0 Å². The van der Waals surface area contributed by atoms with Crippen LogP contribution in [0.3, 0.4) is 0 Å². The molecule has 0 radical (unpaired) electrons. The number of ether oxygens (including phenoxy) is 1. The molecule has 0 unspecified atom stereocenters. The number of amides is 1. The number of nitrogens with zero attached hydrogens (tertiary/aromatic N) is 4. The van der Waals surface area contributed by atoms with E-state index in [-0.39, 0.29) is 11.6 Å². The third-order valence-electron chi connectivity index (χ3n) is 5.85. The minimum atomic E-state index is -1.08. The number of hydrogen-bond acceptors (Lipinski definition) is 8. The van der Waals surface area contributed by atoms with Gasteiger partial charge in [0.15, 0.2) is 6.10 Å². The number of hydrogen-bond donors (Lipinski definition) is 2. The number of carbonyl (C=O) groups excluding carboxylic acids is 1. The number of halogens is 1. The van der Waals surface area contributed by atoms with E-state index in [1.807, 2.05) is 13.8 Å². The fourth-order valence-corrected chi connectivity index (χ4v) is 4.86. The summed E-state index contributed by atoms with van der Waals surface area (Å²) in [6, 6.07) is 6.98. The van der Waals surface area contributed by atoms with Crippen LogP contribution in [0.1, 0.15) is 60.1 Å². The second-order valence-corrected chi connectivity index (χ2v) is 9.37. The molecule has 1 atom stereocenters. The summed E-state index contributed by atoms with van der Waals surface area (Å²) in [6.07, 6.45) is 4.71. The van der Waals surface area contributed by atoms with Crippen molar-refractivity contribution in [2.24, 2.45) is 0 Å². The Bertz CT molecular complexity index is 1120. The van der Waals surface area contributed by atoms with Gasteiger partial charge >= 0.3 is 0 Å². The predicted octanol–water partition coefficient (Wildman–Crippen LogP) is 4.55. The van der Waals surface area contributed by atoms with Crippen molar-refractivity contribution >= 4 is 27.5 Å². The van der Waals surface area contributed by atoms with Crippen LogP contribution >= 0.6 is 11.3 Å². The first-order valence-electron chi connectivity index (χ1n) is 10.9. The average Bonchev–Trinajstić information content (AvgIpc) is 3.23. The number of benzene rings is 1. The van der Waals surface area contributed by atoms with Gasteiger partial charge in [0.05, 0.1) is 11.9 Å². The maximum Gasteiger partial charge on any atom is 0.260 e. The molecule has 1 fully saturated rings. The molecule has 1 aromatic carbocycles. The van der Waals surface area contributed by atoms with E-state index in [4.69, 9.17) is 4.74 Å². The Labute approximate surface area is 196 Å². The van der Waals surface area contributed by atoms with Gasteiger partial charge in [-0.3, -0.25) is 10.1 Å². The highest BCUT2D eigenvalue weighted by Crippen LogP contribution is 2.34. The Morgan fingerprint density at radius 1 is 1.09 bits per heavy atom. The van der Waals surface area contributed by atoms with Crippen molar-refractivity contribution < 1.29 is 13.9 Å². The Balaban J connectivity index is 1.33. The van der Waals surface area contributed by atoms with E-state index in [1.54, 1.807) is 18.3 Å². The summed E-state index contributed by atoms with van der Waals surface area (Å²) in [5.41, 5.74) is 3.22. The summed E-state index contributed by atoms with van der Waals surface area (Å²) in [6.45, 7) is 3.86. The summed E-state index contributed by atoms with van der Waals surface area (Å²) < 4.78 is 19.5. The molecule has 1 aliphatic rings. The first-order valence-corrected chi connectivity index (χ1v) is 11.7. The smallest absolute Gasteiger partial charge is 0.260 e. The van der Waals surface area contributed by atoms with Gasteiger partial charge in [0.1, 0.15) is 5.82 Å². The van der Waals surface area contributed by atoms with E-state index in [2.05, 4.69) is 37.1 Å². The maximum atomic E-state index is 14.2. The van der Waals surface area contributed by atoms with Crippen LogP contribution in [0.5, 0.6) is 0 Å². The van der Waals surface area contributed by atoms with Crippen molar-refractivity contribution in [1.82, 2.24) is 20.4 Å². The van der Waals surface area contributed by atoms with Crippen LogP contribution in [-0.2, 0) is 9.53 Å². The number of aryl methyl sites for hydroxylation is 2. The van der Waals surface area contributed by atoms with Crippen LogP contribution in [-0.4, -0.2) is 39.5 Å². The predicted molar refractivity (Wildman–Crippen MR) is 125 cm³/mol. The molecule has 10 heteroatoms. The monoisotopic (exact) mass is 470 g/mol. The van der Waals surface area contributed by atoms with Crippen LogP contribution in [0.4, 0.5) is 14.7 Å². The molecular weight excluding hydrogens is 443 g/mol. The molecule has 2 heterocycles. The van der Waals surface area contributed by atoms with Gasteiger partial charge in [0.2, 0.25) is 10.3 Å². The zero-order chi connectivity index (χ0) is 23.4. The van der Waals surface area contributed by atoms with Gasteiger partial charge in [0.25, 0.3) is 5.91 Å². The van der Waals surface area contributed by atoms with E-state index in [0.29, 0.717) is 16.2 Å². The molecule has 2 aromatic heterocycles. The highest BCUT2D eigenvalue weighted by molar-refractivity contribution is 7.19. The fourth-order valence-electron chi connectivity index (χ4n) is 4.14. The number of nitrogens with one attached hydrogen (secondary N) is 2. The molecule has 0 bridgehead atoms. The van der Waals surface area contributed by atoms with Crippen LogP contribution in [0.15, 0.2) is 30.5 Å². The summed E-state index contributed by atoms with van der Waals surface area (Å²) in [5, 5.41) is 23.6. The van der Waals surface area contributed by atoms with Gasteiger partial charge in [-0.2, -0.15) is 10.2 Å². The van der Waals surface area contributed by atoms with Crippen molar-refractivity contribution in [3.63, 3.8) is 0 Å². The van der Waals surface area contributed by atoms with Crippen molar-refractivity contribution in [3.8, 4) is 0 Å². The van der Waals surface area contributed by atoms with E-state index < -0.39 is 17.8 Å². The quantitative estimate of drug-likeness (QED) is 0.522.